The monoisotopic (exact) mass is 353 g/mol. The Morgan fingerprint density at radius 2 is 2.04 bits per heavy atom. The third-order valence-electron chi connectivity index (χ3n) is 4.66. The van der Waals surface area contributed by atoms with Crippen molar-refractivity contribution in [3.63, 3.8) is 0 Å². The highest BCUT2D eigenvalue weighted by Crippen LogP contribution is 2.29. The van der Waals surface area contributed by atoms with Gasteiger partial charge in [-0.05, 0) is 79.5 Å². The van der Waals surface area contributed by atoms with Crippen LogP contribution in [0.25, 0.3) is 11.1 Å². The third-order valence-corrected chi connectivity index (χ3v) is 4.97. The number of unbranched alkanes of at least 4 members (excludes halogenated alkanes) is 1. The Kier molecular flexibility index (Phi) is 7.46. The van der Waals surface area contributed by atoms with E-state index in [1.807, 2.05) is 19.1 Å². The Hall–Kier alpha value is -1.86. The van der Waals surface area contributed by atoms with Crippen LogP contribution in [0.2, 0.25) is 5.02 Å². The van der Waals surface area contributed by atoms with E-state index in [2.05, 4.69) is 49.7 Å². The highest BCUT2D eigenvalue weighted by molar-refractivity contribution is 6.32. The van der Waals surface area contributed by atoms with Crippen LogP contribution in [-0.4, -0.2) is 4.98 Å². The predicted molar refractivity (Wildman–Crippen MR) is 111 cm³/mol. The summed E-state index contributed by atoms with van der Waals surface area (Å²) in [5.74, 6) is 0. The standard InChI is InChI=1S/C23H28ClN/c1-5-7-9-20-16-21(14-12-17(20)3)18(4)11-13-19(6-2)23-22(24)10-8-15-25-23/h6,8,10,12,14-16H,4-5,7,9,11,13H2,1-3H3/b19-6-. The van der Waals surface area contributed by atoms with Crippen LogP contribution >= 0.6 is 11.6 Å². The number of nitrogens with zero attached hydrogens (tertiary/aromatic N) is 1. The van der Waals surface area contributed by atoms with Crippen LogP contribution in [0.3, 0.4) is 0 Å². The summed E-state index contributed by atoms with van der Waals surface area (Å²) in [6.07, 6.45) is 9.29. The Morgan fingerprint density at radius 3 is 2.72 bits per heavy atom. The number of benzene rings is 1. The van der Waals surface area contributed by atoms with Crippen molar-refractivity contribution < 1.29 is 0 Å². The minimum absolute atomic E-state index is 0.707. The molecule has 0 radical (unpaired) electrons. The van der Waals surface area contributed by atoms with Crippen molar-refractivity contribution in [3.8, 4) is 0 Å². The second-order valence-corrected chi connectivity index (χ2v) is 6.90. The van der Waals surface area contributed by atoms with Crippen molar-refractivity contribution >= 4 is 22.7 Å². The maximum Gasteiger partial charge on any atom is 0.0844 e. The van der Waals surface area contributed by atoms with Crippen molar-refractivity contribution in [1.29, 1.82) is 0 Å². The number of pyridine rings is 1. The molecule has 2 rings (SSSR count). The lowest BCUT2D eigenvalue weighted by Gasteiger charge is -2.13. The second-order valence-electron chi connectivity index (χ2n) is 6.50. The van der Waals surface area contributed by atoms with Gasteiger partial charge in [-0.1, -0.05) is 55.8 Å². The van der Waals surface area contributed by atoms with E-state index in [4.69, 9.17) is 11.6 Å². The van der Waals surface area contributed by atoms with Crippen molar-refractivity contribution in [1.82, 2.24) is 4.98 Å². The molecule has 0 aliphatic rings. The highest BCUT2D eigenvalue weighted by atomic mass is 35.5. The first kappa shape index (κ1) is 19.5. The van der Waals surface area contributed by atoms with Gasteiger partial charge in [-0.2, -0.15) is 0 Å². The summed E-state index contributed by atoms with van der Waals surface area (Å²) < 4.78 is 0. The number of rotatable bonds is 8. The normalized spacial score (nSPS) is 11.6. The first-order valence-electron chi connectivity index (χ1n) is 9.10. The van der Waals surface area contributed by atoms with Gasteiger partial charge in [0.2, 0.25) is 0 Å². The molecule has 0 saturated heterocycles. The molecule has 0 bridgehead atoms. The van der Waals surface area contributed by atoms with Crippen LogP contribution in [0.1, 0.15) is 61.9 Å². The van der Waals surface area contributed by atoms with Gasteiger partial charge in [-0.3, -0.25) is 4.98 Å². The summed E-state index contributed by atoms with van der Waals surface area (Å²) in [5.41, 5.74) is 7.29. The van der Waals surface area contributed by atoms with E-state index in [1.165, 1.54) is 40.7 Å². The van der Waals surface area contributed by atoms with Gasteiger partial charge in [-0.15, -0.1) is 0 Å². The molecular formula is C23H28ClN. The number of aromatic nitrogens is 1. The largest absolute Gasteiger partial charge is 0.255 e. The Bertz CT molecular complexity index is 758. The highest BCUT2D eigenvalue weighted by Gasteiger charge is 2.09. The molecule has 1 aromatic heterocycles. The van der Waals surface area contributed by atoms with E-state index in [0.717, 1.165) is 25.0 Å². The molecule has 0 spiro atoms. The zero-order chi connectivity index (χ0) is 18.2. The summed E-state index contributed by atoms with van der Waals surface area (Å²) in [6.45, 7) is 10.8. The molecule has 0 aliphatic carbocycles. The van der Waals surface area contributed by atoms with Gasteiger partial charge in [0, 0.05) is 6.20 Å². The van der Waals surface area contributed by atoms with Crippen LogP contribution in [0, 0.1) is 6.92 Å². The van der Waals surface area contributed by atoms with E-state index in [1.54, 1.807) is 6.20 Å². The second kappa shape index (κ2) is 9.58. The van der Waals surface area contributed by atoms with Crippen molar-refractivity contribution in [2.75, 3.05) is 0 Å². The fourth-order valence-corrected chi connectivity index (χ4v) is 3.22. The van der Waals surface area contributed by atoms with Gasteiger partial charge < -0.3 is 0 Å². The summed E-state index contributed by atoms with van der Waals surface area (Å²) in [7, 11) is 0. The molecule has 0 aliphatic heterocycles. The van der Waals surface area contributed by atoms with Gasteiger partial charge in [-0.25, -0.2) is 0 Å². The summed E-state index contributed by atoms with van der Waals surface area (Å²) in [6, 6.07) is 10.5. The number of hydrogen-bond acceptors (Lipinski definition) is 1. The van der Waals surface area contributed by atoms with E-state index in [0.29, 0.717) is 5.02 Å². The SMILES string of the molecule is C=C(CC/C(=C/C)c1ncccc1Cl)c1ccc(C)c(CCCC)c1. The molecule has 2 aromatic rings. The van der Waals surface area contributed by atoms with Gasteiger partial charge in [0.25, 0.3) is 0 Å². The Balaban J connectivity index is 2.08. The molecular weight excluding hydrogens is 326 g/mol. The number of halogens is 1. The Labute approximate surface area is 157 Å². The van der Waals surface area contributed by atoms with Crippen molar-refractivity contribution in [2.24, 2.45) is 0 Å². The fraction of sp³-hybridized carbons (Fsp3) is 0.348. The molecule has 0 fully saturated rings. The first-order valence-corrected chi connectivity index (χ1v) is 9.48. The maximum absolute atomic E-state index is 6.29. The Morgan fingerprint density at radius 1 is 1.24 bits per heavy atom. The molecule has 1 nitrogen and oxygen atoms in total. The number of aryl methyl sites for hydroxylation is 2. The average molecular weight is 354 g/mol. The minimum Gasteiger partial charge on any atom is -0.255 e. The lowest BCUT2D eigenvalue weighted by Crippen LogP contribution is -1.95. The van der Waals surface area contributed by atoms with E-state index in [-0.39, 0.29) is 0 Å². The molecule has 0 amide bonds. The topological polar surface area (TPSA) is 12.9 Å². The summed E-state index contributed by atoms with van der Waals surface area (Å²) in [4.78, 5) is 4.43. The van der Waals surface area contributed by atoms with Crippen molar-refractivity contribution in [3.05, 3.63) is 76.6 Å². The van der Waals surface area contributed by atoms with Crippen LogP contribution in [0.5, 0.6) is 0 Å². The van der Waals surface area contributed by atoms with E-state index in [9.17, 15) is 0 Å². The van der Waals surface area contributed by atoms with Crippen LogP contribution in [0.4, 0.5) is 0 Å². The van der Waals surface area contributed by atoms with E-state index >= 15 is 0 Å². The fourth-order valence-electron chi connectivity index (χ4n) is 2.98. The molecule has 132 valence electrons. The predicted octanol–water partition coefficient (Wildman–Crippen LogP) is 7.28. The van der Waals surface area contributed by atoms with Crippen molar-refractivity contribution in [2.45, 2.75) is 52.9 Å². The molecule has 0 atom stereocenters. The average Bonchev–Trinajstić information content (AvgIpc) is 2.62. The first-order chi connectivity index (χ1) is 12.1. The molecule has 1 heterocycles. The van der Waals surface area contributed by atoms with Gasteiger partial charge >= 0.3 is 0 Å². The third kappa shape index (κ3) is 5.31. The smallest absolute Gasteiger partial charge is 0.0844 e. The van der Waals surface area contributed by atoms with Crippen LogP contribution in [0.15, 0.2) is 49.2 Å². The summed E-state index contributed by atoms with van der Waals surface area (Å²) in [5, 5.41) is 0.707. The zero-order valence-corrected chi connectivity index (χ0v) is 16.4. The zero-order valence-electron chi connectivity index (χ0n) is 15.6. The lowest BCUT2D eigenvalue weighted by atomic mass is 9.94. The molecule has 25 heavy (non-hydrogen) atoms. The van der Waals surface area contributed by atoms with Gasteiger partial charge in [0.15, 0.2) is 0 Å². The molecule has 0 N–H and O–H groups in total. The number of hydrogen-bond donors (Lipinski definition) is 0. The van der Waals surface area contributed by atoms with E-state index < -0.39 is 0 Å². The lowest BCUT2D eigenvalue weighted by molar-refractivity contribution is 0.791. The van der Waals surface area contributed by atoms with Gasteiger partial charge in [0.05, 0.1) is 10.7 Å². The minimum atomic E-state index is 0.707. The van der Waals surface area contributed by atoms with Gasteiger partial charge in [0.1, 0.15) is 0 Å². The molecule has 2 heteroatoms. The molecule has 1 aromatic carbocycles. The maximum atomic E-state index is 6.29. The molecule has 0 unspecified atom stereocenters. The summed E-state index contributed by atoms with van der Waals surface area (Å²) >= 11 is 6.29. The van der Waals surface area contributed by atoms with Crippen LogP contribution in [-0.2, 0) is 6.42 Å². The molecule has 0 saturated carbocycles. The van der Waals surface area contributed by atoms with Crippen LogP contribution < -0.4 is 0 Å². The number of allylic oxidation sites excluding steroid dienone is 3. The quantitative estimate of drug-likeness (QED) is 0.485.